The lowest BCUT2D eigenvalue weighted by Crippen LogP contribution is -2.62. The number of esters is 2. The number of carbonyl (C=O) groups is 2. The van der Waals surface area contributed by atoms with Crippen LogP contribution in [0.25, 0.3) is 0 Å². The van der Waals surface area contributed by atoms with Gasteiger partial charge in [0, 0.05) is 11.1 Å². The molecular formula is C17H23N3O10. The van der Waals surface area contributed by atoms with Crippen molar-refractivity contribution in [1.29, 1.82) is 0 Å². The summed E-state index contributed by atoms with van der Waals surface area (Å²) in [6.07, 6.45) is 0. The predicted molar refractivity (Wildman–Crippen MR) is 100 cm³/mol. The van der Waals surface area contributed by atoms with Gasteiger partial charge in [0.2, 0.25) is 0 Å². The molecule has 13 nitrogen and oxygen atoms in total. The minimum absolute atomic E-state index is 0.0237. The SMILES string of the molecule is C=C(C)C(=O)OC(C)(OC(=O)C(=C)C)On1c(=O)n(OCC)c(=O)n(OCC)c1=O. The summed E-state index contributed by atoms with van der Waals surface area (Å²) >= 11 is 0. The molecule has 0 spiro atoms. The molecule has 0 N–H and O–H groups in total. The van der Waals surface area contributed by atoms with Gasteiger partial charge >= 0.3 is 35.0 Å². The van der Waals surface area contributed by atoms with Crippen molar-refractivity contribution in [2.75, 3.05) is 13.2 Å². The van der Waals surface area contributed by atoms with Crippen LogP contribution in [0.3, 0.4) is 0 Å². The number of ether oxygens (including phenoxy) is 2. The quantitative estimate of drug-likeness (QED) is 0.242. The van der Waals surface area contributed by atoms with Crippen molar-refractivity contribution in [3.05, 3.63) is 55.8 Å². The van der Waals surface area contributed by atoms with Crippen molar-refractivity contribution in [3.8, 4) is 0 Å². The zero-order valence-electron chi connectivity index (χ0n) is 17.3. The molecule has 1 aromatic rings. The van der Waals surface area contributed by atoms with E-state index in [9.17, 15) is 24.0 Å². The standard InChI is InChI=1S/C17H23N3O10/c1-8-26-18-14(23)19(27-9-2)16(25)20(15(18)24)30-17(7,28-12(21)10(3)4)29-13(22)11(5)6/h3,5,8-9H2,1-2,4,6-7H3. The summed E-state index contributed by atoms with van der Waals surface area (Å²) in [5.74, 6) is -4.76. The Morgan fingerprint density at radius 2 is 1.13 bits per heavy atom. The second-order valence-electron chi connectivity index (χ2n) is 5.86. The Morgan fingerprint density at radius 1 is 0.800 bits per heavy atom. The Morgan fingerprint density at radius 3 is 1.43 bits per heavy atom. The van der Waals surface area contributed by atoms with Crippen LogP contribution in [0.5, 0.6) is 0 Å². The summed E-state index contributed by atoms with van der Waals surface area (Å²) in [6, 6.07) is 0. The summed E-state index contributed by atoms with van der Waals surface area (Å²) in [5, 5.41) is 0. The van der Waals surface area contributed by atoms with E-state index in [1.807, 2.05) is 0 Å². The summed E-state index contributed by atoms with van der Waals surface area (Å²) in [4.78, 5) is 76.3. The zero-order chi connectivity index (χ0) is 23.2. The molecule has 30 heavy (non-hydrogen) atoms. The average molecular weight is 429 g/mol. The third-order valence-electron chi connectivity index (χ3n) is 3.07. The lowest BCUT2D eigenvalue weighted by atomic mass is 10.3. The molecule has 0 saturated heterocycles. The third kappa shape index (κ3) is 5.40. The van der Waals surface area contributed by atoms with Crippen LogP contribution in [0.1, 0.15) is 34.6 Å². The average Bonchev–Trinajstić information content (AvgIpc) is 2.65. The number of carbonyl (C=O) groups excluding carboxylic acids is 2. The second kappa shape index (κ2) is 9.62. The van der Waals surface area contributed by atoms with Crippen LogP contribution in [-0.2, 0) is 19.1 Å². The lowest BCUT2D eigenvalue weighted by Gasteiger charge is -2.28. The van der Waals surface area contributed by atoms with Crippen molar-refractivity contribution in [3.63, 3.8) is 0 Å². The van der Waals surface area contributed by atoms with Crippen molar-refractivity contribution in [2.24, 2.45) is 0 Å². The van der Waals surface area contributed by atoms with Crippen molar-refractivity contribution >= 4 is 11.9 Å². The van der Waals surface area contributed by atoms with Crippen LogP contribution in [0.2, 0.25) is 0 Å². The third-order valence-corrected chi connectivity index (χ3v) is 3.07. The summed E-state index contributed by atoms with van der Waals surface area (Å²) in [5.41, 5.74) is -4.27. The Balaban J connectivity index is 3.66. The normalized spacial score (nSPS) is 10.7. The minimum Gasteiger partial charge on any atom is -0.405 e. The lowest BCUT2D eigenvalue weighted by molar-refractivity contribution is -0.335. The monoisotopic (exact) mass is 429 g/mol. The van der Waals surface area contributed by atoms with Crippen LogP contribution in [0.4, 0.5) is 0 Å². The number of nitrogens with zero attached hydrogens (tertiary/aromatic N) is 3. The molecule has 0 saturated carbocycles. The highest BCUT2D eigenvalue weighted by Gasteiger charge is 2.39. The first kappa shape index (κ1) is 24.3. The van der Waals surface area contributed by atoms with E-state index in [1.54, 1.807) is 0 Å². The maximum atomic E-state index is 12.6. The first-order chi connectivity index (χ1) is 13.9. The fourth-order valence-corrected chi connectivity index (χ4v) is 1.79. The highest BCUT2D eigenvalue weighted by Crippen LogP contribution is 2.15. The molecule has 1 rings (SSSR count). The fraction of sp³-hybridized carbons (Fsp3) is 0.471. The van der Waals surface area contributed by atoms with Gasteiger partial charge in [-0.15, -0.1) is 0 Å². The predicted octanol–water partition coefficient (Wildman–Crippen LogP) is -1.59. The van der Waals surface area contributed by atoms with E-state index < -0.39 is 35.0 Å². The van der Waals surface area contributed by atoms with Crippen LogP contribution in [0, 0.1) is 0 Å². The van der Waals surface area contributed by atoms with Crippen molar-refractivity contribution < 1.29 is 33.6 Å². The molecule has 1 aromatic heterocycles. The van der Waals surface area contributed by atoms with Crippen molar-refractivity contribution in [1.82, 2.24) is 14.2 Å². The Kier molecular flexibility index (Phi) is 7.79. The van der Waals surface area contributed by atoms with Crippen molar-refractivity contribution in [2.45, 2.75) is 40.6 Å². The number of hydrogen-bond donors (Lipinski definition) is 0. The molecule has 0 bridgehead atoms. The van der Waals surface area contributed by atoms with Gasteiger partial charge in [-0.2, -0.15) is 0 Å². The molecule has 0 aliphatic rings. The number of rotatable bonds is 10. The fourth-order valence-electron chi connectivity index (χ4n) is 1.79. The van der Waals surface area contributed by atoms with E-state index in [1.165, 1.54) is 27.7 Å². The van der Waals surface area contributed by atoms with Gasteiger partial charge in [0.25, 0.3) is 0 Å². The summed E-state index contributed by atoms with van der Waals surface area (Å²) in [7, 11) is 0. The molecule has 0 atom stereocenters. The van der Waals surface area contributed by atoms with Gasteiger partial charge in [0.1, 0.15) is 13.2 Å². The molecule has 13 heteroatoms. The largest absolute Gasteiger partial charge is 0.437 e. The number of aromatic nitrogens is 3. The minimum atomic E-state index is -2.63. The number of hydrogen-bond acceptors (Lipinski definition) is 10. The molecular weight excluding hydrogens is 406 g/mol. The maximum absolute atomic E-state index is 12.6. The van der Waals surface area contributed by atoms with E-state index in [4.69, 9.17) is 24.0 Å². The first-order valence-corrected chi connectivity index (χ1v) is 8.63. The Hall–Kier alpha value is -3.77. The Bertz CT molecular complexity index is 957. The van der Waals surface area contributed by atoms with E-state index in [-0.39, 0.29) is 38.6 Å². The van der Waals surface area contributed by atoms with Gasteiger partial charge in [0.15, 0.2) is 0 Å². The molecule has 1 heterocycles. The van der Waals surface area contributed by atoms with Gasteiger partial charge in [-0.25, -0.2) is 24.0 Å². The highest BCUT2D eigenvalue weighted by molar-refractivity contribution is 5.88. The maximum Gasteiger partial charge on any atom is 0.437 e. The van der Waals surface area contributed by atoms with Gasteiger partial charge < -0.3 is 24.0 Å². The highest BCUT2D eigenvalue weighted by atomic mass is 16.9. The smallest absolute Gasteiger partial charge is 0.405 e. The Labute approximate surface area is 170 Å². The summed E-state index contributed by atoms with van der Waals surface area (Å²) < 4.78 is 10.2. The second-order valence-corrected chi connectivity index (χ2v) is 5.86. The van der Waals surface area contributed by atoms with E-state index in [0.717, 1.165) is 6.92 Å². The van der Waals surface area contributed by atoms with Crippen LogP contribution in [-0.4, -0.2) is 45.3 Å². The molecule has 0 aliphatic heterocycles. The molecule has 0 fully saturated rings. The first-order valence-electron chi connectivity index (χ1n) is 8.63. The molecule has 166 valence electrons. The topological polar surface area (TPSA) is 146 Å². The molecule has 0 unspecified atom stereocenters. The van der Waals surface area contributed by atoms with E-state index in [2.05, 4.69) is 13.2 Å². The molecule has 0 radical (unpaired) electrons. The van der Waals surface area contributed by atoms with Gasteiger partial charge in [-0.1, -0.05) is 27.3 Å². The molecule has 0 aromatic carbocycles. The zero-order valence-corrected chi connectivity index (χ0v) is 17.3. The van der Waals surface area contributed by atoms with Gasteiger partial charge in [0.05, 0.1) is 6.92 Å². The molecule has 0 aliphatic carbocycles. The van der Waals surface area contributed by atoms with Crippen LogP contribution < -0.4 is 31.6 Å². The van der Waals surface area contributed by atoms with Crippen LogP contribution in [0.15, 0.2) is 38.7 Å². The van der Waals surface area contributed by atoms with Crippen LogP contribution >= 0.6 is 0 Å². The van der Waals surface area contributed by atoms with Gasteiger partial charge in [-0.05, 0) is 27.7 Å². The van der Waals surface area contributed by atoms with E-state index >= 15 is 0 Å². The molecule has 0 amide bonds. The summed E-state index contributed by atoms with van der Waals surface area (Å²) in [6.45, 7) is 13.0. The van der Waals surface area contributed by atoms with Gasteiger partial charge in [-0.3, -0.25) is 0 Å². The van der Waals surface area contributed by atoms with E-state index in [0.29, 0.717) is 0 Å².